The summed E-state index contributed by atoms with van der Waals surface area (Å²) >= 11 is 5.98. The van der Waals surface area contributed by atoms with Gasteiger partial charge in [-0.1, -0.05) is 31.5 Å². The van der Waals surface area contributed by atoms with Crippen molar-refractivity contribution in [1.29, 1.82) is 0 Å². The predicted molar refractivity (Wildman–Crippen MR) is 67.0 cm³/mol. The quantitative estimate of drug-likeness (QED) is 0.778. The van der Waals surface area contributed by atoms with E-state index in [1.54, 1.807) is 6.07 Å². The van der Waals surface area contributed by atoms with Crippen LogP contribution in [-0.4, -0.2) is 0 Å². The normalized spacial score (nSPS) is 13.2. The van der Waals surface area contributed by atoms with Gasteiger partial charge in [0.2, 0.25) is 0 Å². The first-order chi connectivity index (χ1) is 6.91. The van der Waals surface area contributed by atoms with Crippen molar-refractivity contribution in [2.24, 2.45) is 11.7 Å². The molecule has 1 aromatic carbocycles. The molecule has 0 aliphatic carbocycles. The monoisotopic (exact) mass is 226 g/mol. The van der Waals surface area contributed by atoms with Gasteiger partial charge < -0.3 is 11.5 Å². The summed E-state index contributed by atoms with van der Waals surface area (Å²) < 4.78 is 0. The van der Waals surface area contributed by atoms with Gasteiger partial charge in [-0.3, -0.25) is 0 Å². The SMILES string of the molecule is Cc1cc(C(N)CC(C)C)c(N)cc1Cl. The van der Waals surface area contributed by atoms with Crippen LogP contribution in [0, 0.1) is 12.8 Å². The van der Waals surface area contributed by atoms with Crippen molar-refractivity contribution in [3.63, 3.8) is 0 Å². The van der Waals surface area contributed by atoms with Crippen molar-refractivity contribution in [2.75, 3.05) is 5.73 Å². The van der Waals surface area contributed by atoms with Crippen LogP contribution in [0.3, 0.4) is 0 Å². The summed E-state index contributed by atoms with van der Waals surface area (Å²) in [5.41, 5.74) is 14.7. The van der Waals surface area contributed by atoms with E-state index in [0.29, 0.717) is 16.6 Å². The summed E-state index contributed by atoms with van der Waals surface area (Å²) in [5, 5.41) is 0.702. The number of benzene rings is 1. The van der Waals surface area contributed by atoms with Gasteiger partial charge in [-0.25, -0.2) is 0 Å². The van der Waals surface area contributed by atoms with Crippen molar-refractivity contribution in [1.82, 2.24) is 0 Å². The molecular weight excluding hydrogens is 208 g/mol. The molecule has 0 spiro atoms. The number of rotatable bonds is 3. The van der Waals surface area contributed by atoms with Gasteiger partial charge in [-0.15, -0.1) is 0 Å². The Morgan fingerprint density at radius 3 is 2.47 bits per heavy atom. The Kier molecular flexibility index (Phi) is 4.00. The van der Waals surface area contributed by atoms with Gasteiger partial charge in [0.05, 0.1) is 0 Å². The fourth-order valence-electron chi connectivity index (χ4n) is 1.68. The molecule has 1 unspecified atom stereocenters. The average molecular weight is 227 g/mol. The molecule has 15 heavy (non-hydrogen) atoms. The summed E-state index contributed by atoms with van der Waals surface area (Å²) in [6.45, 7) is 6.27. The van der Waals surface area contributed by atoms with Crippen LogP contribution in [0.15, 0.2) is 12.1 Å². The van der Waals surface area contributed by atoms with E-state index in [4.69, 9.17) is 23.1 Å². The molecule has 0 radical (unpaired) electrons. The van der Waals surface area contributed by atoms with E-state index in [-0.39, 0.29) is 6.04 Å². The number of aryl methyl sites for hydroxylation is 1. The molecule has 3 heteroatoms. The molecule has 0 aromatic heterocycles. The lowest BCUT2D eigenvalue weighted by Crippen LogP contribution is -2.15. The van der Waals surface area contributed by atoms with Crippen LogP contribution < -0.4 is 11.5 Å². The zero-order chi connectivity index (χ0) is 11.6. The van der Waals surface area contributed by atoms with E-state index in [1.165, 1.54) is 0 Å². The van der Waals surface area contributed by atoms with Gasteiger partial charge in [0.25, 0.3) is 0 Å². The minimum atomic E-state index is 0.000895. The molecule has 0 heterocycles. The van der Waals surface area contributed by atoms with Crippen LogP contribution in [0.4, 0.5) is 5.69 Å². The predicted octanol–water partition coefficient (Wildman–Crippen LogP) is 3.28. The largest absolute Gasteiger partial charge is 0.398 e. The summed E-state index contributed by atoms with van der Waals surface area (Å²) in [5.74, 6) is 0.565. The van der Waals surface area contributed by atoms with Crippen molar-refractivity contribution < 1.29 is 0 Å². The van der Waals surface area contributed by atoms with E-state index < -0.39 is 0 Å². The second kappa shape index (κ2) is 4.86. The highest BCUT2D eigenvalue weighted by molar-refractivity contribution is 6.31. The molecule has 2 nitrogen and oxygen atoms in total. The van der Waals surface area contributed by atoms with E-state index in [9.17, 15) is 0 Å². The lowest BCUT2D eigenvalue weighted by Gasteiger charge is -2.17. The fourth-order valence-corrected chi connectivity index (χ4v) is 1.85. The summed E-state index contributed by atoms with van der Waals surface area (Å²) in [6.07, 6.45) is 0.936. The van der Waals surface area contributed by atoms with Crippen molar-refractivity contribution in [3.8, 4) is 0 Å². The highest BCUT2D eigenvalue weighted by Gasteiger charge is 2.12. The highest BCUT2D eigenvalue weighted by atomic mass is 35.5. The first-order valence-electron chi connectivity index (χ1n) is 5.23. The zero-order valence-corrected chi connectivity index (χ0v) is 10.3. The first kappa shape index (κ1) is 12.3. The standard InChI is InChI=1S/C12H19ClN2/c1-7(2)4-11(14)9-5-8(3)10(13)6-12(9)15/h5-7,11H,4,14-15H2,1-3H3. The second-order valence-electron chi connectivity index (χ2n) is 4.47. The number of nitrogen functional groups attached to an aromatic ring is 1. The molecule has 0 saturated carbocycles. The first-order valence-corrected chi connectivity index (χ1v) is 5.60. The van der Waals surface area contributed by atoms with Gasteiger partial charge >= 0.3 is 0 Å². The van der Waals surface area contributed by atoms with Crippen molar-refractivity contribution >= 4 is 17.3 Å². The average Bonchev–Trinajstić information content (AvgIpc) is 2.09. The van der Waals surface area contributed by atoms with Crippen LogP contribution in [0.5, 0.6) is 0 Å². The maximum Gasteiger partial charge on any atom is 0.0455 e. The van der Waals surface area contributed by atoms with Crippen LogP contribution in [0.25, 0.3) is 0 Å². The van der Waals surface area contributed by atoms with Crippen LogP contribution in [0.1, 0.15) is 37.4 Å². The van der Waals surface area contributed by atoms with Gasteiger partial charge in [0, 0.05) is 16.8 Å². The molecule has 1 aromatic rings. The van der Waals surface area contributed by atoms with Crippen molar-refractivity contribution in [3.05, 3.63) is 28.3 Å². The summed E-state index contributed by atoms with van der Waals surface area (Å²) in [4.78, 5) is 0. The van der Waals surface area contributed by atoms with Gasteiger partial charge in [0.1, 0.15) is 0 Å². The minimum absolute atomic E-state index is 0.000895. The van der Waals surface area contributed by atoms with E-state index >= 15 is 0 Å². The third kappa shape index (κ3) is 3.11. The smallest absolute Gasteiger partial charge is 0.0455 e. The Bertz CT molecular complexity index is 348. The molecule has 4 N–H and O–H groups in total. The topological polar surface area (TPSA) is 52.0 Å². The molecule has 0 saturated heterocycles. The third-order valence-electron chi connectivity index (χ3n) is 2.49. The van der Waals surface area contributed by atoms with E-state index in [0.717, 1.165) is 17.5 Å². The number of halogens is 1. The van der Waals surface area contributed by atoms with E-state index in [2.05, 4.69) is 13.8 Å². The van der Waals surface area contributed by atoms with Gasteiger partial charge in [-0.05, 0) is 36.5 Å². The number of anilines is 1. The maximum atomic E-state index is 6.09. The minimum Gasteiger partial charge on any atom is -0.398 e. The van der Waals surface area contributed by atoms with Crippen LogP contribution in [-0.2, 0) is 0 Å². The molecule has 0 amide bonds. The fraction of sp³-hybridized carbons (Fsp3) is 0.500. The molecule has 84 valence electrons. The Morgan fingerprint density at radius 1 is 1.33 bits per heavy atom. The Hall–Kier alpha value is -0.730. The van der Waals surface area contributed by atoms with Crippen LogP contribution >= 0.6 is 11.6 Å². The Labute approximate surface area is 96.6 Å². The molecule has 0 aliphatic heterocycles. The third-order valence-corrected chi connectivity index (χ3v) is 2.90. The summed E-state index contributed by atoms with van der Waals surface area (Å²) in [7, 11) is 0. The lowest BCUT2D eigenvalue weighted by atomic mass is 9.95. The van der Waals surface area contributed by atoms with Crippen LogP contribution in [0.2, 0.25) is 5.02 Å². The maximum absolute atomic E-state index is 6.09. The molecule has 0 bridgehead atoms. The highest BCUT2D eigenvalue weighted by Crippen LogP contribution is 2.29. The Balaban J connectivity index is 2.98. The lowest BCUT2D eigenvalue weighted by molar-refractivity contribution is 0.511. The number of nitrogens with two attached hydrogens (primary N) is 2. The summed E-state index contributed by atoms with van der Waals surface area (Å²) in [6, 6.07) is 3.78. The van der Waals surface area contributed by atoms with Gasteiger partial charge in [-0.2, -0.15) is 0 Å². The van der Waals surface area contributed by atoms with E-state index in [1.807, 2.05) is 13.0 Å². The molecule has 1 atom stereocenters. The molecular formula is C12H19ClN2. The molecule has 0 fully saturated rings. The number of hydrogen-bond acceptors (Lipinski definition) is 2. The zero-order valence-electron chi connectivity index (χ0n) is 9.55. The molecule has 1 rings (SSSR count). The second-order valence-corrected chi connectivity index (χ2v) is 4.87. The Morgan fingerprint density at radius 2 is 1.93 bits per heavy atom. The van der Waals surface area contributed by atoms with Crippen molar-refractivity contribution in [2.45, 2.75) is 33.2 Å². The number of hydrogen-bond donors (Lipinski definition) is 2. The van der Waals surface area contributed by atoms with Gasteiger partial charge in [0.15, 0.2) is 0 Å². The molecule has 0 aliphatic rings.